The molecule has 1 atom stereocenters. The summed E-state index contributed by atoms with van der Waals surface area (Å²) < 4.78 is 10.9. The van der Waals surface area contributed by atoms with E-state index in [0.717, 1.165) is 50.8 Å². The number of rotatable bonds is 8. The molecule has 0 radical (unpaired) electrons. The molecule has 0 spiro atoms. The molecule has 0 aliphatic carbocycles. The molecule has 1 fully saturated rings. The van der Waals surface area contributed by atoms with Gasteiger partial charge in [-0.3, -0.25) is 4.90 Å². The molecule has 1 aromatic heterocycles. The molecular formula is C19H28N4O2. The van der Waals surface area contributed by atoms with Crippen molar-refractivity contribution in [2.75, 3.05) is 33.3 Å². The normalized spacial score (nSPS) is 18.2. The second-order valence-corrected chi connectivity index (χ2v) is 6.86. The second kappa shape index (κ2) is 8.45. The zero-order chi connectivity index (χ0) is 17.6. The molecule has 2 aromatic rings. The van der Waals surface area contributed by atoms with Crippen LogP contribution in [-0.2, 0) is 6.54 Å². The Morgan fingerprint density at radius 1 is 1.32 bits per heavy atom. The molecule has 2 heterocycles. The molecule has 0 saturated carbocycles. The minimum atomic E-state index is 0.552. The summed E-state index contributed by atoms with van der Waals surface area (Å²) in [5.74, 6) is 2.40. The van der Waals surface area contributed by atoms with Crippen molar-refractivity contribution in [3.8, 4) is 5.75 Å². The van der Waals surface area contributed by atoms with Crippen LogP contribution in [0, 0.1) is 13.8 Å². The second-order valence-electron chi connectivity index (χ2n) is 6.86. The minimum absolute atomic E-state index is 0.552. The molecule has 1 aliphatic heterocycles. The van der Waals surface area contributed by atoms with E-state index in [1.807, 2.05) is 25.1 Å². The van der Waals surface area contributed by atoms with Crippen LogP contribution in [0.25, 0.3) is 0 Å². The quantitative estimate of drug-likeness (QED) is 0.686. The highest BCUT2D eigenvalue weighted by atomic mass is 16.5. The minimum Gasteiger partial charge on any atom is -0.493 e. The van der Waals surface area contributed by atoms with Gasteiger partial charge in [-0.2, -0.15) is 4.98 Å². The highest BCUT2D eigenvalue weighted by molar-refractivity contribution is 5.31. The third-order valence-corrected chi connectivity index (χ3v) is 4.80. The van der Waals surface area contributed by atoms with E-state index in [0.29, 0.717) is 11.9 Å². The van der Waals surface area contributed by atoms with Crippen molar-refractivity contribution in [1.29, 1.82) is 0 Å². The molecule has 136 valence electrons. The summed E-state index contributed by atoms with van der Waals surface area (Å²) in [6.45, 7) is 8.74. The number of hydrogen-bond acceptors (Lipinski definition) is 6. The Morgan fingerprint density at radius 2 is 2.16 bits per heavy atom. The zero-order valence-corrected chi connectivity index (χ0v) is 15.4. The van der Waals surface area contributed by atoms with Gasteiger partial charge in [-0.15, -0.1) is 0 Å². The highest BCUT2D eigenvalue weighted by Crippen LogP contribution is 2.18. The van der Waals surface area contributed by atoms with Crippen molar-refractivity contribution in [3.05, 3.63) is 41.5 Å². The fourth-order valence-corrected chi connectivity index (χ4v) is 3.32. The molecule has 1 saturated heterocycles. The van der Waals surface area contributed by atoms with E-state index in [1.54, 1.807) is 0 Å². The first-order chi connectivity index (χ1) is 12.1. The van der Waals surface area contributed by atoms with Crippen molar-refractivity contribution in [2.24, 2.45) is 0 Å². The van der Waals surface area contributed by atoms with E-state index < -0.39 is 0 Å². The summed E-state index contributed by atoms with van der Waals surface area (Å²) in [6, 6.07) is 8.74. The summed E-state index contributed by atoms with van der Waals surface area (Å²) in [5, 5.41) is 3.98. The maximum atomic E-state index is 5.89. The van der Waals surface area contributed by atoms with Crippen molar-refractivity contribution in [1.82, 2.24) is 19.9 Å². The highest BCUT2D eigenvalue weighted by Gasteiger charge is 2.26. The third kappa shape index (κ3) is 5.03. The Hall–Kier alpha value is -1.92. The first-order valence-corrected chi connectivity index (χ1v) is 9.02. The third-order valence-electron chi connectivity index (χ3n) is 4.80. The smallest absolute Gasteiger partial charge is 0.223 e. The average Bonchev–Trinajstić information content (AvgIpc) is 3.22. The average molecular weight is 344 g/mol. The number of likely N-dealkylation sites (N-methyl/N-ethyl adjacent to an activating group) is 1. The molecule has 6 nitrogen and oxygen atoms in total. The molecule has 25 heavy (non-hydrogen) atoms. The van der Waals surface area contributed by atoms with E-state index in [4.69, 9.17) is 9.26 Å². The monoisotopic (exact) mass is 344 g/mol. The summed E-state index contributed by atoms with van der Waals surface area (Å²) in [7, 11) is 2.14. The molecular weight excluding hydrogens is 316 g/mol. The Kier molecular flexibility index (Phi) is 6.04. The van der Waals surface area contributed by atoms with Gasteiger partial charge in [0.15, 0.2) is 5.82 Å². The Balaban J connectivity index is 1.36. The van der Waals surface area contributed by atoms with Crippen LogP contribution in [0.5, 0.6) is 5.75 Å². The van der Waals surface area contributed by atoms with Crippen LogP contribution in [0.3, 0.4) is 0 Å². The van der Waals surface area contributed by atoms with E-state index in [9.17, 15) is 0 Å². The maximum Gasteiger partial charge on any atom is 0.223 e. The first kappa shape index (κ1) is 17.9. The molecule has 0 bridgehead atoms. The van der Waals surface area contributed by atoms with Crippen LogP contribution in [0.4, 0.5) is 0 Å². The summed E-state index contributed by atoms with van der Waals surface area (Å²) in [4.78, 5) is 9.13. The van der Waals surface area contributed by atoms with Gasteiger partial charge >= 0.3 is 0 Å². The van der Waals surface area contributed by atoms with E-state index in [-0.39, 0.29) is 0 Å². The van der Waals surface area contributed by atoms with Crippen molar-refractivity contribution in [3.63, 3.8) is 0 Å². The van der Waals surface area contributed by atoms with Crippen LogP contribution in [-0.4, -0.2) is 59.3 Å². The number of likely N-dealkylation sites (tertiary alicyclic amines) is 1. The van der Waals surface area contributed by atoms with Gasteiger partial charge in [0.2, 0.25) is 5.89 Å². The molecule has 6 heteroatoms. The van der Waals surface area contributed by atoms with Crippen LogP contribution < -0.4 is 4.74 Å². The van der Waals surface area contributed by atoms with Gasteiger partial charge in [0, 0.05) is 26.1 Å². The van der Waals surface area contributed by atoms with Crippen molar-refractivity contribution < 1.29 is 9.26 Å². The number of ether oxygens (including phenoxy) is 1. The molecule has 0 N–H and O–H groups in total. The molecule has 0 amide bonds. The predicted molar refractivity (Wildman–Crippen MR) is 96.6 cm³/mol. The maximum absolute atomic E-state index is 5.89. The lowest BCUT2D eigenvalue weighted by atomic mass is 10.2. The van der Waals surface area contributed by atoms with E-state index >= 15 is 0 Å². The number of aryl methyl sites for hydroxylation is 2. The molecule has 1 aromatic carbocycles. The van der Waals surface area contributed by atoms with Crippen LogP contribution in [0.1, 0.15) is 30.1 Å². The summed E-state index contributed by atoms with van der Waals surface area (Å²) in [5.41, 5.74) is 1.20. The lowest BCUT2D eigenvalue weighted by Crippen LogP contribution is -2.34. The number of aromatic nitrogens is 2. The van der Waals surface area contributed by atoms with Gasteiger partial charge < -0.3 is 14.2 Å². The van der Waals surface area contributed by atoms with E-state index in [1.165, 1.54) is 12.0 Å². The van der Waals surface area contributed by atoms with Gasteiger partial charge in [0.05, 0.1) is 13.2 Å². The fourth-order valence-electron chi connectivity index (χ4n) is 3.32. The molecule has 0 unspecified atom stereocenters. The van der Waals surface area contributed by atoms with Gasteiger partial charge in [0.1, 0.15) is 5.75 Å². The zero-order valence-electron chi connectivity index (χ0n) is 15.4. The Labute approximate surface area is 149 Å². The predicted octanol–water partition coefficient (Wildman–Crippen LogP) is 2.66. The Bertz CT molecular complexity index is 673. The largest absolute Gasteiger partial charge is 0.493 e. The van der Waals surface area contributed by atoms with Crippen LogP contribution in [0.15, 0.2) is 28.8 Å². The number of para-hydroxylation sites is 1. The van der Waals surface area contributed by atoms with Gasteiger partial charge in [-0.1, -0.05) is 23.4 Å². The first-order valence-electron chi connectivity index (χ1n) is 9.02. The van der Waals surface area contributed by atoms with Crippen LogP contribution in [0.2, 0.25) is 0 Å². The van der Waals surface area contributed by atoms with Gasteiger partial charge in [-0.05, 0) is 45.0 Å². The summed E-state index contributed by atoms with van der Waals surface area (Å²) >= 11 is 0. The number of hydrogen-bond donors (Lipinski definition) is 0. The van der Waals surface area contributed by atoms with Gasteiger partial charge in [-0.25, -0.2) is 0 Å². The van der Waals surface area contributed by atoms with Crippen molar-refractivity contribution >= 4 is 0 Å². The standard InChI is InChI=1S/C19H28N4O2/c1-15-7-4-5-8-18(15)24-12-6-10-23-11-9-17(13-23)22(3)14-19-20-16(2)25-21-19/h4-5,7-8,17H,6,9-14H2,1-3H3/t17-/m1/s1. The summed E-state index contributed by atoms with van der Waals surface area (Å²) in [6.07, 6.45) is 2.24. The van der Waals surface area contributed by atoms with Crippen LogP contribution >= 0.6 is 0 Å². The topological polar surface area (TPSA) is 54.6 Å². The molecule has 1 aliphatic rings. The molecule has 3 rings (SSSR count). The number of nitrogens with zero attached hydrogens (tertiary/aromatic N) is 4. The van der Waals surface area contributed by atoms with Gasteiger partial charge in [0.25, 0.3) is 0 Å². The number of benzene rings is 1. The Morgan fingerprint density at radius 3 is 2.92 bits per heavy atom. The fraction of sp³-hybridized carbons (Fsp3) is 0.579. The SMILES string of the molecule is Cc1nc(CN(C)[C@@H]2CCN(CCCOc3ccccc3C)C2)no1. The lowest BCUT2D eigenvalue weighted by Gasteiger charge is -2.23. The lowest BCUT2D eigenvalue weighted by molar-refractivity contribution is 0.210. The van der Waals surface area contributed by atoms with Crippen molar-refractivity contribution in [2.45, 2.75) is 39.3 Å². The van der Waals surface area contributed by atoms with E-state index in [2.05, 4.69) is 40.0 Å².